The summed E-state index contributed by atoms with van der Waals surface area (Å²) in [5.41, 5.74) is -8.51. The zero-order chi connectivity index (χ0) is 13.4. The standard InChI is InChI=1S/C10H22O6/c1-7(13,5-11)9(3,15)10(4,16)8(2,14)6-12/h11-16H,5-6H2,1-4H3. The summed E-state index contributed by atoms with van der Waals surface area (Å²) in [4.78, 5) is 0. The van der Waals surface area contributed by atoms with E-state index in [1.54, 1.807) is 0 Å². The second kappa shape index (κ2) is 4.21. The van der Waals surface area contributed by atoms with E-state index in [9.17, 15) is 20.4 Å². The Hall–Kier alpha value is -0.240. The van der Waals surface area contributed by atoms with Gasteiger partial charge in [-0.3, -0.25) is 0 Å². The molecule has 16 heavy (non-hydrogen) atoms. The minimum Gasteiger partial charge on any atom is -0.393 e. The molecule has 0 aromatic carbocycles. The van der Waals surface area contributed by atoms with Crippen LogP contribution in [0.4, 0.5) is 0 Å². The molecule has 98 valence electrons. The van der Waals surface area contributed by atoms with Gasteiger partial charge in [0.1, 0.15) is 22.4 Å². The van der Waals surface area contributed by atoms with E-state index in [0.717, 1.165) is 27.7 Å². The first kappa shape index (κ1) is 15.8. The smallest absolute Gasteiger partial charge is 0.124 e. The first-order valence-corrected chi connectivity index (χ1v) is 4.98. The Morgan fingerprint density at radius 1 is 0.625 bits per heavy atom. The van der Waals surface area contributed by atoms with E-state index in [2.05, 4.69) is 0 Å². The summed E-state index contributed by atoms with van der Waals surface area (Å²) in [6.07, 6.45) is 0. The molecule has 0 amide bonds. The molecule has 4 atom stereocenters. The first-order valence-electron chi connectivity index (χ1n) is 4.98. The number of aliphatic hydroxyl groups excluding tert-OH is 2. The van der Waals surface area contributed by atoms with Gasteiger partial charge < -0.3 is 30.6 Å². The van der Waals surface area contributed by atoms with Crippen molar-refractivity contribution >= 4 is 0 Å². The monoisotopic (exact) mass is 238 g/mol. The van der Waals surface area contributed by atoms with Gasteiger partial charge in [-0.15, -0.1) is 0 Å². The Labute approximate surface area is 94.8 Å². The van der Waals surface area contributed by atoms with Crippen LogP contribution in [0.15, 0.2) is 0 Å². The molecule has 0 aliphatic carbocycles. The van der Waals surface area contributed by atoms with Crippen LogP contribution in [0.5, 0.6) is 0 Å². The van der Waals surface area contributed by atoms with Crippen LogP contribution in [-0.2, 0) is 0 Å². The van der Waals surface area contributed by atoms with Crippen molar-refractivity contribution in [2.45, 2.75) is 50.1 Å². The Morgan fingerprint density at radius 3 is 0.938 bits per heavy atom. The molecule has 0 aromatic heterocycles. The van der Waals surface area contributed by atoms with E-state index in [4.69, 9.17) is 10.2 Å². The zero-order valence-electron chi connectivity index (χ0n) is 10.1. The largest absolute Gasteiger partial charge is 0.393 e. The van der Waals surface area contributed by atoms with Crippen LogP contribution >= 0.6 is 0 Å². The van der Waals surface area contributed by atoms with Gasteiger partial charge in [0, 0.05) is 0 Å². The second-order valence-corrected chi connectivity index (χ2v) is 5.01. The molecule has 6 heteroatoms. The molecule has 0 rings (SSSR count). The topological polar surface area (TPSA) is 121 Å². The van der Waals surface area contributed by atoms with Crippen LogP contribution in [-0.4, -0.2) is 66.3 Å². The third-order valence-corrected chi connectivity index (χ3v) is 3.66. The molecule has 0 heterocycles. The average molecular weight is 238 g/mol. The number of hydrogen-bond acceptors (Lipinski definition) is 6. The summed E-state index contributed by atoms with van der Waals surface area (Å²) in [6.45, 7) is 2.78. The lowest BCUT2D eigenvalue weighted by Gasteiger charge is -2.52. The van der Waals surface area contributed by atoms with E-state index >= 15 is 0 Å². The molecule has 6 N–H and O–H groups in total. The van der Waals surface area contributed by atoms with Crippen LogP contribution in [0.2, 0.25) is 0 Å². The highest BCUT2D eigenvalue weighted by Crippen LogP contribution is 2.39. The third kappa shape index (κ3) is 2.09. The van der Waals surface area contributed by atoms with Crippen LogP contribution in [0.3, 0.4) is 0 Å². The van der Waals surface area contributed by atoms with Gasteiger partial charge >= 0.3 is 0 Å². The lowest BCUT2D eigenvalue weighted by molar-refractivity contribution is -0.290. The lowest BCUT2D eigenvalue weighted by atomic mass is 9.66. The number of hydrogen-bond donors (Lipinski definition) is 6. The minimum atomic E-state index is -2.22. The highest BCUT2D eigenvalue weighted by Gasteiger charge is 2.61. The van der Waals surface area contributed by atoms with Gasteiger partial charge in [0.05, 0.1) is 13.2 Å². The minimum absolute atomic E-state index is 0.808. The Kier molecular flexibility index (Phi) is 4.15. The van der Waals surface area contributed by atoms with Crippen LogP contribution in [0.1, 0.15) is 27.7 Å². The average Bonchev–Trinajstić information content (AvgIpc) is 2.16. The van der Waals surface area contributed by atoms with Crippen LogP contribution < -0.4 is 0 Å². The molecule has 0 aliphatic heterocycles. The maximum absolute atomic E-state index is 10.1. The fourth-order valence-corrected chi connectivity index (χ4v) is 1.36. The van der Waals surface area contributed by atoms with Crippen LogP contribution in [0, 0.1) is 0 Å². The van der Waals surface area contributed by atoms with E-state index in [1.165, 1.54) is 0 Å². The van der Waals surface area contributed by atoms with Crippen LogP contribution in [0.25, 0.3) is 0 Å². The molecule has 0 fully saturated rings. The highest BCUT2D eigenvalue weighted by molar-refractivity contribution is 5.12. The summed E-state index contributed by atoms with van der Waals surface area (Å²) in [6, 6.07) is 0. The van der Waals surface area contributed by atoms with Gasteiger partial charge in [-0.25, -0.2) is 0 Å². The van der Waals surface area contributed by atoms with Gasteiger partial charge in [-0.1, -0.05) is 0 Å². The number of rotatable bonds is 5. The molecule has 0 radical (unpaired) electrons. The van der Waals surface area contributed by atoms with Crippen molar-refractivity contribution in [3.63, 3.8) is 0 Å². The first-order chi connectivity index (χ1) is 6.87. The van der Waals surface area contributed by atoms with Crippen molar-refractivity contribution in [3.05, 3.63) is 0 Å². The van der Waals surface area contributed by atoms with Crippen molar-refractivity contribution in [1.82, 2.24) is 0 Å². The molecule has 0 spiro atoms. The maximum Gasteiger partial charge on any atom is 0.124 e. The molecule has 0 saturated heterocycles. The number of aliphatic hydroxyl groups is 6. The predicted molar refractivity (Wildman–Crippen MR) is 56.7 cm³/mol. The van der Waals surface area contributed by atoms with Gasteiger partial charge in [-0.2, -0.15) is 0 Å². The van der Waals surface area contributed by atoms with Crippen molar-refractivity contribution in [2.24, 2.45) is 0 Å². The molecule has 0 aromatic rings. The van der Waals surface area contributed by atoms with E-state index in [0.29, 0.717) is 0 Å². The zero-order valence-corrected chi connectivity index (χ0v) is 10.1. The Balaban J connectivity index is 5.46. The van der Waals surface area contributed by atoms with Crippen molar-refractivity contribution in [2.75, 3.05) is 13.2 Å². The van der Waals surface area contributed by atoms with E-state index in [1.807, 2.05) is 0 Å². The quantitative estimate of drug-likeness (QED) is 0.329. The molecular weight excluding hydrogens is 216 g/mol. The Bertz CT molecular complexity index is 218. The molecular formula is C10H22O6. The molecule has 4 unspecified atom stereocenters. The van der Waals surface area contributed by atoms with Crippen molar-refractivity contribution < 1.29 is 30.6 Å². The normalized spacial score (nSPS) is 27.4. The Morgan fingerprint density at radius 2 is 0.812 bits per heavy atom. The fourth-order valence-electron chi connectivity index (χ4n) is 1.36. The molecule has 0 aliphatic rings. The summed E-state index contributed by atoms with van der Waals surface area (Å²) >= 11 is 0. The third-order valence-electron chi connectivity index (χ3n) is 3.66. The fraction of sp³-hybridized carbons (Fsp3) is 1.00. The summed E-state index contributed by atoms with van der Waals surface area (Å²) in [5.74, 6) is 0. The lowest BCUT2D eigenvalue weighted by Crippen LogP contribution is -2.73. The van der Waals surface area contributed by atoms with Gasteiger partial charge in [-0.05, 0) is 27.7 Å². The highest BCUT2D eigenvalue weighted by atomic mass is 16.4. The van der Waals surface area contributed by atoms with Crippen molar-refractivity contribution in [3.8, 4) is 0 Å². The second-order valence-electron chi connectivity index (χ2n) is 5.01. The van der Waals surface area contributed by atoms with E-state index in [-0.39, 0.29) is 0 Å². The summed E-state index contributed by atoms with van der Waals surface area (Å²) in [5, 5.41) is 57.7. The maximum atomic E-state index is 10.1. The SMILES string of the molecule is CC(O)(CO)C(C)(O)C(C)(O)C(C)(O)CO. The van der Waals surface area contributed by atoms with Gasteiger partial charge in [0.15, 0.2) is 0 Å². The summed E-state index contributed by atoms with van der Waals surface area (Å²) < 4.78 is 0. The predicted octanol–water partition coefficient (Wildman–Crippen LogP) is -2.02. The molecule has 6 nitrogen and oxygen atoms in total. The summed E-state index contributed by atoms with van der Waals surface area (Å²) in [7, 11) is 0. The van der Waals surface area contributed by atoms with Gasteiger partial charge in [0.25, 0.3) is 0 Å². The molecule has 0 saturated carbocycles. The van der Waals surface area contributed by atoms with Gasteiger partial charge in [0.2, 0.25) is 0 Å². The van der Waals surface area contributed by atoms with E-state index < -0.39 is 35.6 Å². The van der Waals surface area contributed by atoms with Crippen molar-refractivity contribution in [1.29, 1.82) is 0 Å². The molecule has 0 bridgehead atoms.